The van der Waals surface area contributed by atoms with Crippen molar-refractivity contribution in [1.29, 1.82) is 0 Å². The zero-order valence-electron chi connectivity index (χ0n) is 19.6. The predicted octanol–water partition coefficient (Wildman–Crippen LogP) is 4.69. The molecule has 0 bridgehead atoms. The number of nitrogens with zero attached hydrogens (tertiary/aromatic N) is 1. The summed E-state index contributed by atoms with van der Waals surface area (Å²) in [6.45, 7) is 11.7. The minimum atomic E-state index is -0.220. The highest BCUT2D eigenvalue weighted by Crippen LogP contribution is 2.87. The molecule has 2 spiro atoms. The average Bonchev–Trinajstić information content (AvgIpc) is 3.24. The Morgan fingerprint density at radius 3 is 2.38 bits per heavy atom. The quantitative estimate of drug-likeness (QED) is 0.732. The molecule has 0 aromatic rings. The van der Waals surface area contributed by atoms with E-state index < -0.39 is 0 Å². The van der Waals surface area contributed by atoms with Crippen LogP contribution in [0.1, 0.15) is 73.1 Å². The van der Waals surface area contributed by atoms with E-state index in [-0.39, 0.29) is 27.8 Å². The minimum absolute atomic E-state index is 0.187. The van der Waals surface area contributed by atoms with Gasteiger partial charge in [-0.15, -0.1) is 0 Å². The van der Waals surface area contributed by atoms with E-state index in [9.17, 15) is 9.90 Å². The summed E-state index contributed by atoms with van der Waals surface area (Å²) in [4.78, 5) is 15.0. The van der Waals surface area contributed by atoms with Crippen molar-refractivity contribution >= 4 is 5.78 Å². The van der Waals surface area contributed by atoms with E-state index in [2.05, 4.69) is 59.7 Å². The van der Waals surface area contributed by atoms with Crippen LogP contribution in [0, 0.1) is 44.8 Å². The van der Waals surface area contributed by atoms with Gasteiger partial charge in [-0.2, -0.15) is 0 Å². The van der Waals surface area contributed by atoms with Crippen molar-refractivity contribution in [2.24, 2.45) is 44.8 Å². The average molecular weight is 400 g/mol. The van der Waals surface area contributed by atoms with Crippen LogP contribution in [0.4, 0.5) is 0 Å². The lowest BCUT2D eigenvalue weighted by atomic mass is 9.42. The third-order valence-electron chi connectivity index (χ3n) is 11.8. The normalized spacial score (nSPS) is 55.7. The number of ketones is 1. The van der Waals surface area contributed by atoms with E-state index in [4.69, 9.17) is 0 Å². The second-order valence-corrected chi connectivity index (χ2v) is 12.8. The maximum atomic E-state index is 12.7. The Hall–Kier alpha value is -0.670. The van der Waals surface area contributed by atoms with E-state index in [1.165, 1.54) is 32.1 Å². The summed E-state index contributed by atoms with van der Waals surface area (Å²) >= 11 is 0. The molecule has 0 heterocycles. The zero-order chi connectivity index (χ0) is 21.2. The Morgan fingerprint density at radius 1 is 1.07 bits per heavy atom. The van der Waals surface area contributed by atoms with Crippen LogP contribution in [-0.2, 0) is 4.79 Å². The molecule has 4 fully saturated rings. The van der Waals surface area contributed by atoms with Crippen molar-refractivity contribution in [3.63, 3.8) is 0 Å². The van der Waals surface area contributed by atoms with Gasteiger partial charge in [0.15, 0.2) is 5.78 Å². The van der Waals surface area contributed by atoms with Gasteiger partial charge in [0.25, 0.3) is 0 Å². The molecule has 3 nitrogen and oxygen atoms in total. The summed E-state index contributed by atoms with van der Waals surface area (Å²) in [6.07, 6.45) is 11.2. The molecule has 0 amide bonds. The molecule has 0 aromatic carbocycles. The van der Waals surface area contributed by atoms with Crippen molar-refractivity contribution in [3.05, 3.63) is 12.2 Å². The Balaban J connectivity index is 1.56. The Labute approximate surface area is 177 Å². The number of allylic oxidation sites excluding steroid dienone is 2. The summed E-state index contributed by atoms with van der Waals surface area (Å²) in [5.74, 6) is 1.84. The molecule has 1 N–H and O–H groups in total. The lowest BCUT2D eigenvalue weighted by Gasteiger charge is -2.62. The fourth-order valence-corrected chi connectivity index (χ4v) is 9.89. The number of carbonyl (C=O) groups is 1. The lowest BCUT2D eigenvalue weighted by Crippen LogP contribution is -2.57. The number of fused-ring (bicyclic) bond motifs is 2. The van der Waals surface area contributed by atoms with Gasteiger partial charge in [-0.1, -0.05) is 33.8 Å². The maximum absolute atomic E-state index is 12.7. The lowest BCUT2D eigenvalue weighted by molar-refractivity contribution is -0.142. The summed E-state index contributed by atoms with van der Waals surface area (Å²) in [5, 5.41) is 11.3. The standard InChI is InChI=1S/C26H41NO2/c1-16(27(6)7)21-17(28)14-24(5)19-9-8-18-22(2,3)20(29)10-11-25(18)15-26(19,25)13-12-23(21,24)4/h10-11,16-19,21,28H,8-9,12-15H2,1-7H3. The molecule has 9 atom stereocenters. The highest BCUT2D eigenvalue weighted by atomic mass is 16.3. The van der Waals surface area contributed by atoms with Gasteiger partial charge in [-0.05, 0) is 99.1 Å². The summed E-state index contributed by atoms with van der Waals surface area (Å²) in [5.41, 5.74) is 0.768. The van der Waals surface area contributed by atoms with Gasteiger partial charge in [0.2, 0.25) is 0 Å². The van der Waals surface area contributed by atoms with Crippen LogP contribution in [0.2, 0.25) is 0 Å². The van der Waals surface area contributed by atoms with Gasteiger partial charge in [0.05, 0.1) is 6.10 Å². The Morgan fingerprint density at radius 2 is 1.72 bits per heavy atom. The highest BCUT2D eigenvalue weighted by Gasteiger charge is 2.82. The minimum Gasteiger partial charge on any atom is -0.393 e. The van der Waals surface area contributed by atoms with Gasteiger partial charge in [-0.3, -0.25) is 4.79 Å². The van der Waals surface area contributed by atoms with E-state index >= 15 is 0 Å². The topological polar surface area (TPSA) is 40.5 Å². The van der Waals surface area contributed by atoms with Crippen molar-refractivity contribution < 1.29 is 9.90 Å². The first-order valence-electron chi connectivity index (χ1n) is 12.0. The first-order chi connectivity index (χ1) is 13.4. The zero-order valence-corrected chi connectivity index (χ0v) is 19.6. The molecule has 0 saturated heterocycles. The molecule has 0 aromatic heterocycles. The molecule has 29 heavy (non-hydrogen) atoms. The number of hydrogen-bond acceptors (Lipinski definition) is 3. The van der Waals surface area contributed by atoms with Gasteiger partial charge in [0.1, 0.15) is 0 Å². The highest BCUT2D eigenvalue weighted by molar-refractivity contribution is 5.96. The number of carbonyl (C=O) groups excluding carboxylic acids is 1. The Bertz CT molecular complexity index is 786. The molecule has 162 valence electrons. The van der Waals surface area contributed by atoms with Crippen molar-refractivity contribution in [2.75, 3.05) is 14.1 Å². The van der Waals surface area contributed by atoms with E-state index in [0.29, 0.717) is 35.0 Å². The largest absolute Gasteiger partial charge is 0.393 e. The van der Waals surface area contributed by atoms with Crippen molar-refractivity contribution in [3.8, 4) is 0 Å². The fraction of sp³-hybridized carbons (Fsp3) is 0.885. The van der Waals surface area contributed by atoms with Crippen LogP contribution in [-0.4, -0.2) is 42.0 Å². The molecular formula is C26H41NO2. The first kappa shape index (κ1) is 20.2. The van der Waals surface area contributed by atoms with Gasteiger partial charge in [-0.25, -0.2) is 0 Å². The van der Waals surface area contributed by atoms with Gasteiger partial charge in [0, 0.05) is 17.4 Å². The maximum Gasteiger partial charge on any atom is 0.161 e. The molecule has 0 radical (unpaired) electrons. The molecular weight excluding hydrogens is 358 g/mol. The Kier molecular flexibility index (Phi) is 3.89. The molecule has 0 aliphatic heterocycles. The SMILES string of the molecule is CC(C1C(O)CC2(C)C3CCC4C(C)(C)C(=O)C=CC45CC35CCC12C)N(C)C. The van der Waals surface area contributed by atoms with Crippen molar-refractivity contribution in [1.82, 2.24) is 4.90 Å². The molecule has 3 heteroatoms. The van der Waals surface area contributed by atoms with Gasteiger partial charge < -0.3 is 10.0 Å². The van der Waals surface area contributed by atoms with Crippen LogP contribution in [0.5, 0.6) is 0 Å². The number of aliphatic hydroxyl groups is 1. The number of aliphatic hydroxyl groups excluding tert-OH is 1. The van der Waals surface area contributed by atoms with Crippen LogP contribution in [0.3, 0.4) is 0 Å². The smallest absolute Gasteiger partial charge is 0.161 e. The monoisotopic (exact) mass is 399 g/mol. The second-order valence-electron chi connectivity index (χ2n) is 12.8. The van der Waals surface area contributed by atoms with E-state index in [0.717, 1.165) is 6.42 Å². The molecule has 9 unspecified atom stereocenters. The number of hydrogen-bond donors (Lipinski definition) is 1. The van der Waals surface area contributed by atoms with Crippen LogP contribution in [0.15, 0.2) is 12.2 Å². The molecule has 5 aliphatic rings. The second kappa shape index (κ2) is 5.57. The van der Waals surface area contributed by atoms with Crippen LogP contribution >= 0.6 is 0 Å². The third kappa shape index (κ3) is 2.06. The molecule has 5 rings (SSSR count). The summed E-state index contributed by atoms with van der Waals surface area (Å²) in [6, 6.07) is 0.390. The molecule has 5 aliphatic carbocycles. The molecule has 4 saturated carbocycles. The van der Waals surface area contributed by atoms with Gasteiger partial charge >= 0.3 is 0 Å². The third-order valence-corrected chi connectivity index (χ3v) is 11.8. The summed E-state index contributed by atoms with van der Waals surface area (Å²) in [7, 11) is 4.32. The van der Waals surface area contributed by atoms with Crippen LogP contribution < -0.4 is 0 Å². The van der Waals surface area contributed by atoms with Crippen molar-refractivity contribution in [2.45, 2.75) is 85.3 Å². The van der Waals surface area contributed by atoms with E-state index in [1.54, 1.807) is 0 Å². The fourth-order valence-electron chi connectivity index (χ4n) is 9.89. The summed E-state index contributed by atoms with van der Waals surface area (Å²) < 4.78 is 0. The number of rotatable bonds is 2. The van der Waals surface area contributed by atoms with Crippen LogP contribution in [0.25, 0.3) is 0 Å². The van der Waals surface area contributed by atoms with E-state index in [1.807, 2.05) is 6.08 Å². The first-order valence-corrected chi connectivity index (χ1v) is 12.0. The predicted molar refractivity (Wildman–Crippen MR) is 116 cm³/mol.